The van der Waals surface area contributed by atoms with Gasteiger partial charge in [-0.25, -0.2) is 8.42 Å². The quantitative estimate of drug-likeness (QED) is 0.369. The van der Waals surface area contributed by atoms with Gasteiger partial charge in [0.25, 0.3) is 15.7 Å². The maximum absolute atomic E-state index is 12.9. The molecule has 1 aromatic heterocycles. The van der Waals surface area contributed by atoms with E-state index >= 15 is 0 Å². The summed E-state index contributed by atoms with van der Waals surface area (Å²) in [5.74, 6) is -0.593. The van der Waals surface area contributed by atoms with Crippen LogP contribution in [0.4, 0.5) is 11.4 Å². The van der Waals surface area contributed by atoms with Crippen molar-refractivity contribution in [1.82, 2.24) is 4.57 Å². The van der Waals surface area contributed by atoms with E-state index in [-0.39, 0.29) is 28.2 Å². The molecule has 0 saturated heterocycles. The van der Waals surface area contributed by atoms with Crippen LogP contribution in [-0.2, 0) is 26.1 Å². The number of nitro groups is 1. The number of hydrogen-bond acceptors (Lipinski definition) is 6. The van der Waals surface area contributed by atoms with Gasteiger partial charge in [0.2, 0.25) is 0 Å². The highest BCUT2D eigenvalue weighted by Gasteiger charge is 2.24. The second kappa shape index (κ2) is 7.49. The number of sulfonamides is 1. The predicted octanol–water partition coefficient (Wildman–Crippen LogP) is 3.18. The summed E-state index contributed by atoms with van der Waals surface area (Å²) in [5, 5.41) is 11.7. The van der Waals surface area contributed by atoms with Crippen molar-refractivity contribution in [1.29, 1.82) is 0 Å². The predicted molar refractivity (Wildman–Crippen MR) is 103 cm³/mol. The van der Waals surface area contributed by atoms with Crippen LogP contribution >= 0.6 is 11.6 Å². The standard InChI is InChI=1S/C17H14ClN3O6S/c1-27-17(22)10-20-9-16(14-8-13(21(23)24)6-7-15(14)20)28(25,26)19-12-4-2-11(18)3-5-12/h2-9,19H,10H2,1H3. The average Bonchev–Trinajstić information content (AvgIpc) is 3.02. The van der Waals surface area contributed by atoms with E-state index in [1.807, 2.05) is 0 Å². The fraction of sp³-hybridized carbons (Fsp3) is 0.118. The molecule has 0 aliphatic carbocycles. The molecule has 1 N–H and O–H groups in total. The van der Waals surface area contributed by atoms with Crippen LogP contribution in [0.3, 0.4) is 0 Å². The van der Waals surface area contributed by atoms with Crippen molar-refractivity contribution in [2.24, 2.45) is 0 Å². The van der Waals surface area contributed by atoms with Gasteiger partial charge in [-0.3, -0.25) is 19.6 Å². The molecule has 28 heavy (non-hydrogen) atoms. The molecule has 0 aliphatic heterocycles. The Morgan fingerprint density at radius 3 is 2.54 bits per heavy atom. The van der Waals surface area contributed by atoms with Crippen LogP contribution in [0.1, 0.15) is 0 Å². The van der Waals surface area contributed by atoms with Gasteiger partial charge >= 0.3 is 5.97 Å². The monoisotopic (exact) mass is 423 g/mol. The molecule has 3 rings (SSSR count). The summed E-state index contributed by atoms with van der Waals surface area (Å²) in [5.41, 5.74) is 0.336. The highest BCUT2D eigenvalue weighted by Crippen LogP contribution is 2.30. The van der Waals surface area contributed by atoms with Gasteiger partial charge in [-0.1, -0.05) is 11.6 Å². The van der Waals surface area contributed by atoms with Gasteiger partial charge in [0.15, 0.2) is 0 Å². The summed E-state index contributed by atoms with van der Waals surface area (Å²) in [7, 11) is -2.90. The molecule has 0 bridgehead atoms. The molecule has 0 unspecified atom stereocenters. The van der Waals surface area contributed by atoms with Gasteiger partial charge in [0.1, 0.15) is 11.4 Å². The first-order valence-corrected chi connectivity index (χ1v) is 9.70. The van der Waals surface area contributed by atoms with E-state index in [1.165, 1.54) is 54.3 Å². The molecule has 1 heterocycles. The second-order valence-corrected chi connectivity index (χ2v) is 7.86. The third-order valence-corrected chi connectivity index (χ3v) is 5.61. The number of anilines is 1. The Kier molecular flexibility index (Phi) is 5.25. The summed E-state index contributed by atoms with van der Waals surface area (Å²) in [4.78, 5) is 21.9. The molecule has 3 aromatic rings. The van der Waals surface area contributed by atoms with Gasteiger partial charge in [-0.05, 0) is 30.3 Å². The van der Waals surface area contributed by atoms with Crippen molar-refractivity contribution in [2.75, 3.05) is 11.8 Å². The number of nitrogens with zero attached hydrogens (tertiary/aromatic N) is 2. The third kappa shape index (κ3) is 3.92. The number of rotatable bonds is 6. The van der Waals surface area contributed by atoms with Gasteiger partial charge in [0, 0.05) is 34.4 Å². The van der Waals surface area contributed by atoms with Crippen LogP contribution in [0.15, 0.2) is 53.6 Å². The Morgan fingerprint density at radius 2 is 1.93 bits per heavy atom. The fourth-order valence-corrected chi connectivity index (χ4v) is 4.04. The minimum atomic E-state index is -4.11. The number of esters is 1. The Morgan fingerprint density at radius 1 is 1.25 bits per heavy atom. The molecule has 0 spiro atoms. The van der Waals surface area contributed by atoms with Gasteiger partial charge in [-0.2, -0.15) is 0 Å². The lowest BCUT2D eigenvalue weighted by atomic mass is 10.2. The number of ether oxygens (including phenoxy) is 1. The highest BCUT2D eigenvalue weighted by molar-refractivity contribution is 7.93. The minimum Gasteiger partial charge on any atom is -0.468 e. The Balaban J connectivity index is 2.14. The number of halogens is 1. The number of fused-ring (bicyclic) bond motifs is 1. The Labute approximate surface area is 164 Å². The summed E-state index contributed by atoms with van der Waals surface area (Å²) < 4.78 is 34.2. The first kappa shape index (κ1) is 19.6. The van der Waals surface area contributed by atoms with Crippen molar-refractivity contribution >= 4 is 49.9 Å². The van der Waals surface area contributed by atoms with E-state index in [2.05, 4.69) is 9.46 Å². The van der Waals surface area contributed by atoms with E-state index in [0.717, 1.165) is 6.07 Å². The van der Waals surface area contributed by atoms with Crippen LogP contribution in [-0.4, -0.2) is 31.0 Å². The molecular weight excluding hydrogens is 410 g/mol. The second-order valence-electron chi connectivity index (χ2n) is 5.77. The van der Waals surface area contributed by atoms with Crippen LogP contribution < -0.4 is 4.72 Å². The maximum Gasteiger partial charge on any atom is 0.325 e. The fourth-order valence-electron chi connectivity index (χ4n) is 2.64. The zero-order valence-corrected chi connectivity index (χ0v) is 16.0. The van der Waals surface area contributed by atoms with Gasteiger partial charge in [0.05, 0.1) is 17.5 Å². The molecule has 0 saturated carbocycles. The molecule has 0 amide bonds. The highest BCUT2D eigenvalue weighted by atomic mass is 35.5. The Hall–Kier alpha value is -3.11. The molecule has 0 atom stereocenters. The zero-order valence-electron chi connectivity index (χ0n) is 14.5. The first-order chi connectivity index (χ1) is 13.2. The normalized spacial score (nSPS) is 11.4. The average molecular weight is 424 g/mol. The van der Waals surface area contributed by atoms with Crippen LogP contribution in [0.5, 0.6) is 0 Å². The number of hydrogen-bond donors (Lipinski definition) is 1. The molecule has 2 aromatic carbocycles. The number of nitro benzene ring substituents is 1. The number of methoxy groups -OCH3 is 1. The number of nitrogens with one attached hydrogen (secondary N) is 1. The Bertz CT molecular complexity index is 1170. The van der Waals surface area contributed by atoms with E-state index < -0.39 is 20.9 Å². The lowest BCUT2D eigenvalue weighted by Crippen LogP contribution is -2.13. The van der Waals surface area contributed by atoms with Crippen molar-refractivity contribution in [3.05, 3.63) is 63.8 Å². The number of carbonyl (C=O) groups excluding carboxylic acids is 1. The summed E-state index contributed by atoms with van der Waals surface area (Å²) in [6.45, 7) is -0.249. The van der Waals surface area contributed by atoms with E-state index in [0.29, 0.717) is 10.5 Å². The number of carbonyl (C=O) groups is 1. The van der Waals surface area contributed by atoms with Crippen molar-refractivity contribution in [3.8, 4) is 0 Å². The van der Waals surface area contributed by atoms with Crippen LogP contribution in [0, 0.1) is 10.1 Å². The molecule has 11 heteroatoms. The van der Waals surface area contributed by atoms with E-state index in [1.54, 1.807) is 0 Å². The smallest absolute Gasteiger partial charge is 0.325 e. The van der Waals surface area contributed by atoms with Crippen LogP contribution in [0.25, 0.3) is 10.9 Å². The first-order valence-electron chi connectivity index (χ1n) is 7.84. The zero-order chi connectivity index (χ0) is 20.5. The molecule has 9 nitrogen and oxygen atoms in total. The number of benzene rings is 2. The molecule has 0 radical (unpaired) electrons. The van der Waals surface area contributed by atoms with Crippen molar-refractivity contribution in [3.63, 3.8) is 0 Å². The van der Waals surface area contributed by atoms with Gasteiger partial charge in [-0.15, -0.1) is 0 Å². The maximum atomic E-state index is 12.9. The van der Waals surface area contributed by atoms with E-state index in [4.69, 9.17) is 11.6 Å². The summed E-state index contributed by atoms with van der Waals surface area (Å²) in [6, 6.07) is 9.78. The topological polar surface area (TPSA) is 121 Å². The largest absolute Gasteiger partial charge is 0.468 e. The molecule has 0 fully saturated rings. The van der Waals surface area contributed by atoms with Crippen LogP contribution in [0.2, 0.25) is 5.02 Å². The van der Waals surface area contributed by atoms with Gasteiger partial charge < -0.3 is 9.30 Å². The van der Waals surface area contributed by atoms with Crippen molar-refractivity contribution < 1.29 is 22.9 Å². The third-order valence-electron chi connectivity index (χ3n) is 3.95. The molecular formula is C17H14ClN3O6S. The summed E-state index contributed by atoms with van der Waals surface area (Å²) >= 11 is 5.80. The van der Waals surface area contributed by atoms with E-state index in [9.17, 15) is 23.3 Å². The molecule has 146 valence electrons. The lowest BCUT2D eigenvalue weighted by molar-refractivity contribution is -0.384. The van der Waals surface area contributed by atoms with Crippen molar-refractivity contribution in [2.45, 2.75) is 11.4 Å². The number of aromatic nitrogens is 1. The minimum absolute atomic E-state index is 0.111. The SMILES string of the molecule is COC(=O)Cn1cc(S(=O)(=O)Nc2ccc(Cl)cc2)c2cc([N+](=O)[O-])ccc21. The summed E-state index contributed by atoms with van der Waals surface area (Å²) in [6.07, 6.45) is 1.24. The lowest BCUT2D eigenvalue weighted by Gasteiger charge is -2.07. The molecule has 0 aliphatic rings. The number of non-ortho nitro benzene ring substituents is 1.